The van der Waals surface area contributed by atoms with Crippen LogP contribution in [0.15, 0.2) is 0 Å². The number of fused-ring (bicyclic) bond motifs is 1. The maximum atomic E-state index is 12.2. The predicted molar refractivity (Wildman–Crippen MR) is 77.9 cm³/mol. The zero-order valence-electron chi connectivity index (χ0n) is 11.9. The SMILES string of the molecule is COCCNCC(=O)N1CC(=O)NC2CCCCC21.Cl. The number of hydrogen-bond acceptors (Lipinski definition) is 4. The monoisotopic (exact) mass is 305 g/mol. The number of ether oxygens (including phenoxy) is 1. The summed E-state index contributed by atoms with van der Waals surface area (Å²) in [5.41, 5.74) is 0. The molecule has 0 spiro atoms. The van der Waals surface area contributed by atoms with E-state index < -0.39 is 0 Å². The molecule has 2 atom stereocenters. The van der Waals surface area contributed by atoms with Crippen molar-refractivity contribution in [1.82, 2.24) is 15.5 Å². The van der Waals surface area contributed by atoms with Gasteiger partial charge in [0.25, 0.3) is 0 Å². The van der Waals surface area contributed by atoms with E-state index in [-0.39, 0.29) is 49.4 Å². The number of carbonyl (C=O) groups excluding carboxylic acids is 2. The Bertz CT molecular complexity index is 341. The largest absolute Gasteiger partial charge is 0.383 e. The molecule has 1 aliphatic carbocycles. The number of carbonyl (C=O) groups is 2. The number of rotatable bonds is 5. The molecule has 6 nitrogen and oxygen atoms in total. The Labute approximate surface area is 126 Å². The molecule has 0 bridgehead atoms. The quantitative estimate of drug-likeness (QED) is 0.697. The Morgan fingerprint density at radius 2 is 2.20 bits per heavy atom. The molecule has 20 heavy (non-hydrogen) atoms. The van der Waals surface area contributed by atoms with Crippen molar-refractivity contribution in [2.45, 2.75) is 37.8 Å². The van der Waals surface area contributed by atoms with Crippen molar-refractivity contribution in [3.05, 3.63) is 0 Å². The molecule has 2 amide bonds. The maximum absolute atomic E-state index is 12.2. The molecule has 2 rings (SSSR count). The van der Waals surface area contributed by atoms with Crippen molar-refractivity contribution in [2.24, 2.45) is 0 Å². The van der Waals surface area contributed by atoms with Gasteiger partial charge in [-0.05, 0) is 12.8 Å². The van der Waals surface area contributed by atoms with Gasteiger partial charge in [-0.3, -0.25) is 9.59 Å². The number of nitrogens with zero attached hydrogens (tertiary/aromatic N) is 1. The van der Waals surface area contributed by atoms with Gasteiger partial charge >= 0.3 is 0 Å². The fourth-order valence-electron chi connectivity index (χ4n) is 2.92. The lowest BCUT2D eigenvalue weighted by Gasteiger charge is -2.44. The third-order valence-corrected chi connectivity index (χ3v) is 3.87. The first kappa shape index (κ1) is 17.2. The topological polar surface area (TPSA) is 70.7 Å². The molecule has 2 aliphatic rings. The summed E-state index contributed by atoms with van der Waals surface area (Å²) in [6.07, 6.45) is 4.25. The van der Waals surface area contributed by atoms with Gasteiger partial charge in [-0.25, -0.2) is 0 Å². The molecule has 2 N–H and O–H groups in total. The number of amides is 2. The van der Waals surface area contributed by atoms with Gasteiger partial charge in [0.2, 0.25) is 11.8 Å². The van der Waals surface area contributed by atoms with E-state index in [1.807, 2.05) is 0 Å². The summed E-state index contributed by atoms with van der Waals surface area (Å²) in [5, 5.41) is 6.05. The summed E-state index contributed by atoms with van der Waals surface area (Å²) in [5.74, 6) is -0.0174. The minimum Gasteiger partial charge on any atom is -0.383 e. The lowest BCUT2D eigenvalue weighted by atomic mass is 9.87. The van der Waals surface area contributed by atoms with E-state index in [4.69, 9.17) is 4.74 Å². The molecule has 2 fully saturated rings. The molecular weight excluding hydrogens is 282 g/mol. The zero-order valence-corrected chi connectivity index (χ0v) is 12.7. The Balaban J connectivity index is 0.00000200. The minimum atomic E-state index is -0.0339. The number of halogens is 1. The molecule has 7 heteroatoms. The van der Waals surface area contributed by atoms with Gasteiger partial charge in [0.05, 0.1) is 25.7 Å². The van der Waals surface area contributed by atoms with Crippen LogP contribution in [0.5, 0.6) is 0 Å². The Morgan fingerprint density at radius 1 is 1.45 bits per heavy atom. The summed E-state index contributed by atoms with van der Waals surface area (Å²) in [6, 6.07) is 0.334. The second-order valence-electron chi connectivity index (χ2n) is 5.22. The van der Waals surface area contributed by atoms with E-state index in [1.54, 1.807) is 12.0 Å². The summed E-state index contributed by atoms with van der Waals surface area (Å²) in [7, 11) is 1.63. The second-order valence-corrected chi connectivity index (χ2v) is 5.22. The van der Waals surface area contributed by atoms with E-state index in [0.717, 1.165) is 25.7 Å². The molecule has 1 aliphatic heterocycles. The van der Waals surface area contributed by atoms with Gasteiger partial charge in [0, 0.05) is 19.7 Å². The summed E-state index contributed by atoms with van der Waals surface area (Å²) >= 11 is 0. The minimum absolute atomic E-state index is 0. The molecule has 0 aromatic heterocycles. The van der Waals surface area contributed by atoms with Gasteiger partial charge in [-0.2, -0.15) is 0 Å². The van der Waals surface area contributed by atoms with Crippen molar-refractivity contribution >= 4 is 24.2 Å². The number of methoxy groups -OCH3 is 1. The summed E-state index contributed by atoms with van der Waals surface area (Å²) in [4.78, 5) is 25.6. The molecule has 0 radical (unpaired) electrons. The van der Waals surface area contributed by atoms with Crippen LogP contribution in [0.3, 0.4) is 0 Å². The van der Waals surface area contributed by atoms with Crippen LogP contribution < -0.4 is 10.6 Å². The number of nitrogens with one attached hydrogen (secondary N) is 2. The highest BCUT2D eigenvalue weighted by Gasteiger charge is 2.38. The van der Waals surface area contributed by atoms with E-state index in [9.17, 15) is 9.59 Å². The highest BCUT2D eigenvalue weighted by atomic mass is 35.5. The predicted octanol–water partition coefficient (Wildman–Crippen LogP) is -0.0862. The fraction of sp³-hybridized carbons (Fsp3) is 0.846. The maximum Gasteiger partial charge on any atom is 0.239 e. The molecule has 2 unspecified atom stereocenters. The van der Waals surface area contributed by atoms with E-state index in [0.29, 0.717) is 13.2 Å². The second kappa shape index (κ2) is 8.44. The fourth-order valence-corrected chi connectivity index (χ4v) is 2.92. The Morgan fingerprint density at radius 3 is 2.95 bits per heavy atom. The first-order valence-electron chi connectivity index (χ1n) is 7.01. The van der Waals surface area contributed by atoms with Crippen LogP contribution in [0.1, 0.15) is 25.7 Å². The highest BCUT2D eigenvalue weighted by molar-refractivity contribution is 5.87. The normalized spacial score (nSPS) is 25.4. The standard InChI is InChI=1S/C13H23N3O3.ClH/c1-19-7-6-14-8-13(18)16-9-12(17)15-10-4-2-3-5-11(10)16;/h10-11,14H,2-9H2,1H3,(H,15,17);1H. The van der Waals surface area contributed by atoms with E-state index >= 15 is 0 Å². The third kappa shape index (κ3) is 4.33. The van der Waals surface area contributed by atoms with Crippen LogP contribution in [0.25, 0.3) is 0 Å². The summed E-state index contributed by atoms with van der Waals surface area (Å²) < 4.78 is 4.92. The van der Waals surface area contributed by atoms with Gasteiger partial charge < -0.3 is 20.3 Å². The third-order valence-electron chi connectivity index (χ3n) is 3.87. The highest BCUT2D eigenvalue weighted by Crippen LogP contribution is 2.25. The van der Waals surface area contributed by atoms with Gasteiger partial charge in [0.1, 0.15) is 0 Å². The van der Waals surface area contributed by atoms with Crippen LogP contribution in [-0.2, 0) is 14.3 Å². The molecule has 1 saturated carbocycles. The van der Waals surface area contributed by atoms with Crippen molar-refractivity contribution in [2.75, 3.05) is 33.4 Å². The summed E-state index contributed by atoms with van der Waals surface area (Å²) in [6.45, 7) is 1.71. The lowest BCUT2D eigenvalue weighted by Crippen LogP contribution is -2.63. The number of piperazine rings is 1. The number of hydrogen-bond donors (Lipinski definition) is 2. The lowest BCUT2D eigenvalue weighted by molar-refractivity contribution is -0.143. The molecule has 116 valence electrons. The van der Waals surface area contributed by atoms with Gasteiger partial charge in [-0.1, -0.05) is 12.8 Å². The van der Waals surface area contributed by atoms with Crippen LogP contribution in [0.2, 0.25) is 0 Å². The first-order valence-corrected chi connectivity index (χ1v) is 7.01. The molecule has 0 aromatic rings. The Hall–Kier alpha value is -0.850. The molecule has 1 heterocycles. The van der Waals surface area contributed by atoms with Crippen molar-refractivity contribution in [3.63, 3.8) is 0 Å². The van der Waals surface area contributed by atoms with E-state index in [1.165, 1.54) is 0 Å². The first-order chi connectivity index (χ1) is 9.22. The molecule has 1 saturated heterocycles. The van der Waals surface area contributed by atoms with Crippen LogP contribution in [0, 0.1) is 0 Å². The molecule has 0 aromatic carbocycles. The van der Waals surface area contributed by atoms with Crippen molar-refractivity contribution in [1.29, 1.82) is 0 Å². The zero-order chi connectivity index (χ0) is 13.7. The van der Waals surface area contributed by atoms with Crippen molar-refractivity contribution in [3.8, 4) is 0 Å². The molecular formula is C13H24ClN3O3. The van der Waals surface area contributed by atoms with Gasteiger partial charge in [-0.15, -0.1) is 12.4 Å². The van der Waals surface area contributed by atoms with Gasteiger partial charge in [0.15, 0.2) is 0 Å². The van der Waals surface area contributed by atoms with Crippen molar-refractivity contribution < 1.29 is 14.3 Å². The Kier molecular flexibility index (Phi) is 7.26. The van der Waals surface area contributed by atoms with Crippen LogP contribution >= 0.6 is 12.4 Å². The average Bonchev–Trinajstić information content (AvgIpc) is 2.42. The van der Waals surface area contributed by atoms with Crippen LogP contribution in [0.4, 0.5) is 0 Å². The smallest absolute Gasteiger partial charge is 0.239 e. The average molecular weight is 306 g/mol. The van der Waals surface area contributed by atoms with Crippen LogP contribution in [-0.4, -0.2) is 62.1 Å². The van der Waals surface area contributed by atoms with E-state index in [2.05, 4.69) is 10.6 Å².